The maximum Gasteiger partial charge on any atom is 0.262 e. The Kier molecular flexibility index (Phi) is 4.26. The molecule has 3 heterocycles. The quantitative estimate of drug-likeness (QED) is 0.791. The van der Waals surface area contributed by atoms with Crippen LogP contribution in [0.4, 0.5) is 0 Å². The van der Waals surface area contributed by atoms with Crippen LogP contribution in [0.1, 0.15) is 24.1 Å². The highest BCUT2D eigenvalue weighted by Crippen LogP contribution is 2.30. The fourth-order valence-corrected chi connectivity index (χ4v) is 4.27. The van der Waals surface area contributed by atoms with E-state index in [4.69, 9.17) is 4.74 Å². The monoisotopic (exact) mass is 339 g/mol. The zero-order chi connectivity index (χ0) is 16.6. The average Bonchev–Trinajstić information content (AvgIpc) is 3.09. The summed E-state index contributed by atoms with van der Waals surface area (Å²) in [5.74, 6) is -0.0709. The van der Waals surface area contributed by atoms with E-state index in [1.165, 1.54) is 16.8 Å². The maximum absolute atomic E-state index is 12.8. The summed E-state index contributed by atoms with van der Waals surface area (Å²) in [6.07, 6.45) is 4.88. The highest BCUT2D eigenvalue weighted by atomic mass is 32.2. The van der Waals surface area contributed by atoms with Crippen LogP contribution in [0.5, 0.6) is 0 Å². The Morgan fingerprint density at radius 3 is 2.78 bits per heavy atom. The predicted octanol–water partition coefficient (Wildman–Crippen LogP) is 0.478. The number of aryl methyl sites for hydroxylation is 2. The lowest BCUT2D eigenvalue weighted by atomic mass is 9.99. The van der Waals surface area contributed by atoms with E-state index < -0.39 is 10.0 Å². The molecular formula is C14H21N5O3S. The van der Waals surface area contributed by atoms with Crippen LogP contribution in [-0.2, 0) is 35.4 Å². The Bertz CT molecular complexity index is 795. The fourth-order valence-electron chi connectivity index (χ4n) is 2.84. The van der Waals surface area contributed by atoms with Gasteiger partial charge < -0.3 is 9.30 Å². The molecule has 2 aromatic rings. The summed E-state index contributed by atoms with van der Waals surface area (Å²) < 4.78 is 36.0. The van der Waals surface area contributed by atoms with E-state index in [9.17, 15) is 8.42 Å². The third kappa shape index (κ3) is 3.04. The third-order valence-corrected chi connectivity index (χ3v) is 5.60. The van der Waals surface area contributed by atoms with Crippen molar-refractivity contribution in [2.24, 2.45) is 14.1 Å². The molecule has 0 aliphatic carbocycles. The Labute approximate surface area is 135 Å². The van der Waals surface area contributed by atoms with Crippen LogP contribution in [0.25, 0.3) is 0 Å². The number of ether oxygens (including phenoxy) is 1. The van der Waals surface area contributed by atoms with Gasteiger partial charge in [0.15, 0.2) is 5.03 Å². The lowest BCUT2D eigenvalue weighted by Crippen LogP contribution is -2.39. The fraction of sp³-hybridized carbons (Fsp3) is 0.571. The first-order chi connectivity index (χ1) is 10.9. The van der Waals surface area contributed by atoms with E-state index in [-0.39, 0.29) is 10.9 Å². The van der Waals surface area contributed by atoms with Gasteiger partial charge in [0.05, 0.1) is 18.6 Å². The van der Waals surface area contributed by atoms with Crippen molar-refractivity contribution in [3.63, 3.8) is 0 Å². The van der Waals surface area contributed by atoms with Crippen LogP contribution in [0.15, 0.2) is 23.7 Å². The molecule has 0 aromatic carbocycles. The number of sulfonamides is 1. The topological polar surface area (TPSA) is 82.3 Å². The van der Waals surface area contributed by atoms with Crippen molar-refractivity contribution in [1.29, 1.82) is 0 Å². The number of hydrogen-bond donors (Lipinski definition) is 0. The van der Waals surface area contributed by atoms with Crippen molar-refractivity contribution >= 4 is 10.0 Å². The molecule has 9 heteroatoms. The second-order valence-corrected chi connectivity index (χ2v) is 7.63. The van der Waals surface area contributed by atoms with Gasteiger partial charge in [-0.15, -0.1) is 0 Å². The minimum atomic E-state index is -3.62. The Hall–Kier alpha value is -1.71. The first kappa shape index (κ1) is 16.2. The first-order valence-corrected chi connectivity index (χ1v) is 8.94. The average molecular weight is 339 g/mol. The van der Waals surface area contributed by atoms with Crippen LogP contribution in [0.3, 0.4) is 0 Å². The summed E-state index contributed by atoms with van der Waals surface area (Å²) in [4.78, 5) is 3.99. The van der Waals surface area contributed by atoms with Crippen LogP contribution in [-0.4, -0.2) is 51.8 Å². The van der Waals surface area contributed by atoms with Gasteiger partial charge in [-0.3, -0.25) is 4.68 Å². The zero-order valence-corrected chi connectivity index (χ0v) is 14.3. The number of hydrogen-bond acceptors (Lipinski definition) is 5. The zero-order valence-electron chi connectivity index (χ0n) is 13.5. The number of rotatable bonds is 5. The summed E-state index contributed by atoms with van der Waals surface area (Å²) in [6.45, 7) is 3.62. The molecule has 0 saturated heterocycles. The van der Waals surface area contributed by atoms with Crippen molar-refractivity contribution in [1.82, 2.24) is 23.6 Å². The van der Waals surface area contributed by atoms with Crippen LogP contribution < -0.4 is 0 Å². The van der Waals surface area contributed by atoms with Crippen molar-refractivity contribution < 1.29 is 13.2 Å². The van der Waals surface area contributed by atoms with Crippen LogP contribution in [0.2, 0.25) is 0 Å². The van der Waals surface area contributed by atoms with Gasteiger partial charge >= 0.3 is 0 Å². The smallest absolute Gasteiger partial charge is 0.262 e. The van der Waals surface area contributed by atoms with E-state index in [2.05, 4.69) is 10.1 Å². The highest BCUT2D eigenvalue weighted by Gasteiger charge is 2.36. The van der Waals surface area contributed by atoms with Crippen LogP contribution in [0, 0.1) is 0 Å². The molecule has 0 bridgehead atoms. The summed E-state index contributed by atoms with van der Waals surface area (Å²) in [7, 11) is -0.0335. The van der Waals surface area contributed by atoms with Crippen molar-refractivity contribution in [2.75, 3.05) is 19.8 Å². The normalized spacial score (nSPS) is 19.0. The molecule has 0 amide bonds. The summed E-state index contributed by atoms with van der Waals surface area (Å²) in [5, 5.41) is 4.55. The van der Waals surface area contributed by atoms with Crippen LogP contribution >= 0.6 is 0 Å². The predicted molar refractivity (Wildman–Crippen MR) is 83.2 cm³/mol. The molecular weight excluding hydrogens is 318 g/mol. The maximum atomic E-state index is 12.8. The molecule has 126 valence electrons. The molecule has 2 aromatic heterocycles. The first-order valence-electron chi connectivity index (χ1n) is 7.50. The SMILES string of the molecule is CCOCC1CN(S(=O)(=O)c2cn(C)cn2)Cc2cn(C)nc21. The largest absolute Gasteiger partial charge is 0.381 e. The van der Waals surface area contributed by atoms with Crippen molar-refractivity contribution in [3.05, 3.63) is 30.0 Å². The van der Waals surface area contributed by atoms with E-state index in [1.807, 2.05) is 20.2 Å². The number of aromatic nitrogens is 4. The van der Waals surface area contributed by atoms with E-state index >= 15 is 0 Å². The van der Waals surface area contributed by atoms with E-state index in [1.54, 1.807) is 16.3 Å². The number of nitrogens with zero attached hydrogens (tertiary/aromatic N) is 5. The standard InChI is InChI=1S/C14H21N5O3S/c1-4-22-9-12-7-19(6-11-5-18(3)16-14(11)12)23(20,21)13-8-17(2)10-15-13/h5,8,10,12H,4,6-7,9H2,1-3H3. The Morgan fingerprint density at radius 1 is 1.35 bits per heavy atom. The Balaban J connectivity index is 1.93. The molecule has 1 unspecified atom stereocenters. The molecule has 1 aliphatic heterocycles. The molecule has 1 aliphatic rings. The molecule has 3 rings (SSSR count). The molecule has 8 nitrogen and oxygen atoms in total. The van der Waals surface area contributed by atoms with Gasteiger partial charge in [0.1, 0.15) is 0 Å². The van der Waals surface area contributed by atoms with Gasteiger partial charge in [0, 0.05) is 57.7 Å². The summed E-state index contributed by atoms with van der Waals surface area (Å²) in [6, 6.07) is 0. The van der Waals surface area contributed by atoms with Crippen molar-refractivity contribution in [3.8, 4) is 0 Å². The molecule has 0 radical (unpaired) electrons. The van der Waals surface area contributed by atoms with Gasteiger partial charge in [-0.05, 0) is 6.92 Å². The van der Waals surface area contributed by atoms with E-state index in [0.717, 1.165) is 11.3 Å². The third-order valence-electron chi connectivity index (χ3n) is 3.90. The lowest BCUT2D eigenvalue weighted by Gasteiger charge is -2.30. The summed E-state index contributed by atoms with van der Waals surface area (Å²) >= 11 is 0. The van der Waals surface area contributed by atoms with Gasteiger partial charge in [0.2, 0.25) is 0 Å². The molecule has 23 heavy (non-hydrogen) atoms. The minimum absolute atomic E-state index is 0.0709. The molecule has 0 N–H and O–H groups in total. The van der Waals surface area contributed by atoms with Gasteiger partial charge in [0.25, 0.3) is 10.0 Å². The van der Waals surface area contributed by atoms with E-state index in [0.29, 0.717) is 26.3 Å². The second kappa shape index (κ2) is 6.06. The van der Waals surface area contributed by atoms with Gasteiger partial charge in [-0.1, -0.05) is 0 Å². The number of imidazole rings is 1. The Morgan fingerprint density at radius 2 is 2.13 bits per heavy atom. The van der Waals surface area contributed by atoms with Gasteiger partial charge in [-0.25, -0.2) is 13.4 Å². The molecule has 1 atom stereocenters. The van der Waals surface area contributed by atoms with Gasteiger partial charge in [-0.2, -0.15) is 9.40 Å². The molecule has 0 saturated carbocycles. The lowest BCUT2D eigenvalue weighted by molar-refractivity contribution is 0.120. The van der Waals surface area contributed by atoms with Crippen molar-refractivity contribution in [2.45, 2.75) is 24.4 Å². The minimum Gasteiger partial charge on any atom is -0.381 e. The second-order valence-electron chi connectivity index (χ2n) is 5.74. The summed E-state index contributed by atoms with van der Waals surface area (Å²) in [5.41, 5.74) is 1.84. The highest BCUT2D eigenvalue weighted by molar-refractivity contribution is 7.89. The molecule has 0 fully saturated rings. The number of fused-ring (bicyclic) bond motifs is 1. The molecule has 0 spiro atoms.